The zero-order valence-corrected chi connectivity index (χ0v) is 16.8. The maximum Gasteiger partial charge on any atom is 0.255 e. The van der Waals surface area contributed by atoms with Crippen LogP contribution in [0.15, 0.2) is 30.5 Å². The van der Waals surface area contributed by atoms with E-state index in [0.29, 0.717) is 28.7 Å². The smallest absolute Gasteiger partial charge is 0.255 e. The Morgan fingerprint density at radius 2 is 2.04 bits per heavy atom. The maximum atomic E-state index is 14.5. The lowest BCUT2D eigenvalue weighted by Gasteiger charge is -2.29. The molecule has 1 heterocycles. The first-order valence-electron chi connectivity index (χ1n) is 10.2. The summed E-state index contributed by atoms with van der Waals surface area (Å²) in [5.74, 6) is 0.180. The van der Waals surface area contributed by atoms with Crippen molar-refractivity contribution < 1.29 is 9.18 Å². The van der Waals surface area contributed by atoms with Crippen molar-refractivity contribution in [2.24, 2.45) is 5.92 Å². The van der Waals surface area contributed by atoms with Crippen molar-refractivity contribution in [3.8, 4) is 11.3 Å². The van der Waals surface area contributed by atoms with Gasteiger partial charge in [0.25, 0.3) is 5.91 Å². The largest absolute Gasteiger partial charge is 0.352 e. The van der Waals surface area contributed by atoms with E-state index < -0.39 is 5.82 Å². The van der Waals surface area contributed by atoms with E-state index >= 15 is 0 Å². The highest BCUT2D eigenvalue weighted by Crippen LogP contribution is 2.27. The summed E-state index contributed by atoms with van der Waals surface area (Å²) in [6.45, 7) is 6.25. The van der Waals surface area contributed by atoms with Gasteiger partial charge in [-0.15, -0.1) is 0 Å². The highest BCUT2D eigenvalue weighted by Gasteiger charge is 2.26. The van der Waals surface area contributed by atoms with Gasteiger partial charge in [-0.2, -0.15) is 0 Å². The summed E-state index contributed by atoms with van der Waals surface area (Å²) in [5.41, 5.74) is 0.927. The minimum atomic E-state index is -0.407. The average Bonchev–Trinajstić information content (AvgIpc) is 2.70. The van der Waals surface area contributed by atoms with E-state index in [0.717, 1.165) is 25.7 Å². The Morgan fingerprint density at radius 1 is 1.29 bits per heavy atom. The van der Waals surface area contributed by atoms with Gasteiger partial charge in [0.2, 0.25) is 5.95 Å². The topological polar surface area (TPSA) is 66.9 Å². The van der Waals surface area contributed by atoms with Gasteiger partial charge in [-0.25, -0.2) is 14.4 Å². The van der Waals surface area contributed by atoms with Gasteiger partial charge in [-0.1, -0.05) is 38.8 Å². The number of carbonyl (C=O) groups is 1. The SMILES string of the molecule is CCC(C)Nc1ncc(C(=O)NC2CCCCC2C)c(-c2ccccc2F)n1. The zero-order chi connectivity index (χ0) is 20.1. The molecule has 2 aromatic rings. The number of carbonyl (C=O) groups excluding carboxylic acids is 1. The molecule has 5 nitrogen and oxygen atoms in total. The van der Waals surface area contributed by atoms with Crippen molar-refractivity contribution in [2.75, 3.05) is 5.32 Å². The van der Waals surface area contributed by atoms with Crippen LogP contribution >= 0.6 is 0 Å². The molecular weight excluding hydrogens is 355 g/mol. The number of hydrogen-bond acceptors (Lipinski definition) is 4. The monoisotopic (exact) mass is 384 g/mol. The van der Waals surface area contributed by atoms with Crippen molar-refractivity contribution in [3.05, 3.63) is 41.8 Å². The number of anilines is 1. The molecule has 1 aromatic carbocycles. The Labute approximate surface area is 166 Å². The van der Waals surface area contributed by atoms with Crippen LogP contribution in [0.3, 0.4) is 0 Å². The van der Waals surface area contributed by atoms with Gasteiger partial charge in [-0.3, -0.25) is 4.79 Å². The number of nitrogens with zero attached hydrogens (tertiary/aromatic N) is 2. The summed E-state index contributed by atoms with van der Waals surface area (Å²) in [6.07, 6.45) is 6.80. The minimum Gasteiger partial charge on any atom is -0.352 e. The normalized spacial score (nSPS) is 20.4. The maximum absolute atomic E-state index is 14.5. The van der Waals surface area contributed by atoms with E-state index in [1.165, 1.54) is 18.7 Å². The third-order valence-corrected chi connectivity index (χ3v) is 5.58. The van der Waals surface area contributed by atoms with Crippen LogP contribution in [0.5, 0.6) is 0 Å². The van der Waals surface area contributed by atoms with E-state index in [1.54, 1.807) is 18.2 Å². The Bertz CT molecular complexity index is 826. The third-order valence-electron chi connectivity index (χ3n) is 5.58. The zero-order valence-electron chi connectivity index (χ0n) is 16.8. The predicted octanol–water partition coefficient (Wildman–Crippen LogP) is 4.80. The summed E-state index contributed by atoms with van der Waals surface area (Å²) in [7, 11) is 0. The highest BCUT2D eigenvalue weighted by atomic mass is 19.1. The Balaban J connectivity index is 1.95. The second kappa shape index (κ2) is 9.13. The highest BCUT2D eigenvalue weighted by molar-refractivity contribution is 6.00. The molecule has 2 N–H and O–H groups in total. The first kappa shape index (κ1) is 20.2. The molecule has 1 aromatic heterocycles. The summed E-state index contributed by atoms with van der Waals surface area (Å²) in [6, 6.07) is 6.70. The second-order valence-corrected chi connectivity index (χ2v) is 7.73. The molecule has 0 spiro atoms. The Hall–Kier alpha value is -2.50. The molecule has 3 atom stereocenters. The van der Waals surface area contributed by atoms with Gasteiger partial charge in [0.05, 0.1) is 11.3 Å². The molecule has 1 fully saturated rings. The van der Waals surface area contributed by atoms with E-state index in [4.69, 9.17) is 0 Å². The first-order chi connectivity index (χ1) is 13.5. The molecule has 1 aliphatic rings. The molecular formula is C22H29FN4O. The number of amides is 1. The van der Waals surface area contributed by atoms with Crippen LogP contribution in [0.25, 0.3) is 11.3 Å². The predicted molar refractivity (Wildman–Crippen MR) is 110 cm³/mol. The van der Waals surface area contributed by atoms with Crippen molar-refractivity contribution in [3.63, 3.8) is 0 Å². The van der Waals surface area contributed by atoms with Crippen molar-refractivity contribution >= 4 is 11.9 Å². The molecule has 3 rings (SSSR count). The molecule has 3 unspecified atom stereocenters. The van der Waals surface area contributed by atoms with Gasteiger partial charge in [0.15, 0.2) is 0 Å². The van der Waals surface area contributed by atoms with Gasteiger partial charge in [0.1, 0.15) is 5.82 Å². The van der Waals surface area contributed by atoms with Gasteiger partial charge in [0, 0.05) is 23.8 Å². The fourth-order valence-electron chi connectivity index (χ4n) is 3.58. The molecule has 6 heteroatoms. The van der Waals surface area contributed by atoms with Gasteiger partial charge < -0.3 is 10.6 Å². The van der Waals surface area contributed by atoms with Crippen molar-refractivity contribution in [1.82, 2.24) is 15.3 Å². The molecule has 0 saturated heterocycles. The van der Waals surface area contributed by atoms with Crippen LogP contribution in [0, 0.1) is 11.7 Å². The average molecular weight is 384 g/mol. The number of halogens is 1. The van der Waals surface area contributed by atoms with Crippen LogP contribution in [0.2, 0.25) is 0 Å². The number of hydrogen-bond donors (Lipinski definition) is 2. The van der Waals surface area contributed by atoms with Crippen LogP contribution < -0.4 is 10.6 Å². The molecule has 150 valence electrons. The van der Waals surface area contributed by atoms with E-state index in [-0.39, 0.29) is 18.0 Å². The molecule has 0 aliphatic heterocycles. The summed E-state index contributed by atoms with van der Waals surface area (Å²) in [4.78, 5) is 21.8. The molecule has 1 aliphatic carbocycles. The Kier molecular flexibility index (Phi) is 6.60. The number of rotatable bonds is 6. The van der Waals surface area contributed by atoms with Crippen molar-refractivity contribution in [1.29, 1.82) is 0 Å². The number of benzene rings is 1. The first-order valence-corrected chi connectivity index (χ1v) is 10.2. The van der Waals surface area contributed by atoms with E-state index in [9.17, 15) is 9.18 Å². The fourth-order valence-corrected chi connectivity index (χ4v) is 3.58. The van der Waals surface area contributed by atoms with E-state index in [1.807, 2.05) is 6.92 Å². The number of nitrogens with one attached hydrogen (secondary N) is 2. The summed E-state index contributed by atoms with van der Waals surface area (Å²) >= 11 is 0. The fraction of sp³-hybridized carbons (Fsp3) is 0.500. The molecule has 0 radical (unpaired) electrons. The van der Waals surface area contributed by atoms with Crippen molar-refractivity contribution in [2.45, 2.75) is 65.0 Å². The van der Waals surface area contributed by atoms with Crippen LogP contribution in [-0.4, -0.2) is 28.0 Å². The lowest BCUT2D eigenvalue weighted by Crippen LogP contribution is -2.41. The molecule has 0 bridgehead atoms. The second-order valence-electron chi connectivity index (χ2n) is 7.73. The van der Waals surface area contributed by atoms with E-state index in [2.05, 4.69) is 34.4 Å². The lowest BCUT2D eigenvalue weighted by atomic mass is 9.86. The van der Waals surface area contributed by atoms with Crippen LogP contribution in [0.4, 0.5) is 10.3 Å². The summed E-state index contributed by atoms with van der Waals surface area (Å²) in [5, 5.41) is 6.32. The lowest BCUT2D eigenvalue weighted by molar-refractivity contribution is 0.0910. The molecule has 1 saturated carbocycles. The third kappa shape index (κ3) is 4.66. The van der Waals surface area contributed by atoms with Crippen LogP contribution in [-0.2, 0) is 0 Å². The summed E-state index contributed by atoms with van der Waals surface area (Å²) < 4.78 is 14.5. The number of aromatic nitrogens is 2. The van der Waals surface area contributed by atoms with Crippen LogP contribution in [0.1, 0.15) is 63.2 Å². The van der Waals surface area contributed by atoms with Gasteiger partial charge >= 0.3 is 0 Å². The standard InChI is InChI=1S/C22H29FN4O/c1-4-15(3)25-22-24-13-17(20(27-22)16-10-6-7-11-18(16)23)21(28)26-19-12-8-5-9-14(19)2/h6-7,10-11,13-15,19H,4-5,8-9,12H2,1-3H3,(H,26,28)(H,24,25,27). The molecule has 28 heavy (non-hydrogen) atoms. The Morgan fingerprint density at radius 3 is 2.75 bits per heavy atom. The minimum absolute atomic E-state index is 0.132. The quantitative estimate of drug-likeness (QED) is 0.751. The van der Waals surface area contributed by atoms with Gasteiger partial charge in [-0.05, 0) is 44.2 Å². The molecule has 1 amide bonds.